The van der Waals surface area contributed by atoms with E-state index in [1.165, 1.54) is 45.2 Å². The van der Waals surface area contributed by atoms with Crippen LogP contribution in [-0.4, -0.2) is 18.0 Å². The number of hydrogen-bond donors (Lipinski definition) is 0. The van der Waals surface area contributed by atoms with Gasteiger partial charge in [0.15, 0.2) is 0 Å². The lowest BCUT2D eigenvalue weighted by atomic mass is 10.0. The molecule has 1 saturated heterocycles. The minimum absolute atomic E-state index is 0.807. The fourth-order valence-corrected chi connectivity index (χ4v) is 3.09. The van der Waals surface area contributed by atoms with Crippen molar-refractivity contribution in [1.82, 2.24) is 4.90 Å². The van der Waals surface area contributed by atoms with Gasteiger partial charge in [0.05, 0.1) is 0 Å². The Morgan fingerprint density at radius 2 is 2.00 bits per heavy atom. The average molecular weight is 189 g/mol. The lowest BCUT2D eigenvalue weighted by Gasteiger charge is -2.26. The van der Waals surface area contributed by atoms with Gasteiger partial charge in [-0.3, -0.25) is 0 Å². The molecule has 2 fully saturated rings. The van der Waals surface area contributed by atoms with Crippen LogP contribution in [0, 0.1) is 11.8 Å². The molecule has 0 unspecified atom stereocenters. The third kappa shape index (κ3) is 1.49. The molecule has 0 aromatic heterocycles. The molecule has 0 amide bonds. The Morgan fingerprint density at radius 1 is 1.14 bits per heavy atom. The first-order valence-electron chi connectivity index (χ1n) is 6.05. The molecule has 1 nitrogen and oxygen atoms in total. The zero-order valence-corrected chi connectivity index (χ0v) is 8.78. The minimum atomic E-state index is 0.807. The van der Waals surface area contributed by atoms with Crippen molar-refractivity contribution in [2.75, 3.05) is 13.1 Å². The second-order valence-corrected chi connectivity index (χ2v) is 4.99. The van der Waals surface area contributed by atoms with Gasteiger partial charge in [-0.2, -0.15) is 0 Å². The van der Waals surface area contributed by atoms with Crippen LogP contribution in [0.25, 0.3) is 0 Å². The normalized spacial score (nSPS) is 38.6. The first-order chi connectivity index (χ1) is 6.92. The molecule has 2 atom stereocenters. The Kier molecular flexibility index (Phi) is 2.11. The first-order valence-corrected chi connectivity index (χ1v) is 6.05. The second kappa shape index (κ2) is 3.45. The number of rotatable bonds is 1. The summed E-state index contributed by atoms with van der Waals surface area (Å²) in [5.74, 6) is 1.69. The molecule has 0 aromatic carbocycles. The van der Waals surface area contributed by atoms with Gasteiger partial charge in [-0.25, -0.2) is 0 Å². The Balaban J connectivity index is 1.69. The Labute approximate surface area is 86.5 Å². The first kappa shape index (κ1) is 8.58. The van der Waals surface area contributed by atoms with Crippen LogP contribution in [0.1, 0.15) is 32.1 Å². The summed E-state index contributed by atoms with van der Waals surface area (Å²) in [5, 5.41) is 0. The van der Waals surface area contributed by atoms with E-state index in [4.69, 9.17) is 0 Å². The van der Waals surface area contributed by atoms with Gasteiger partial charge >= 0.3 is 0 Å². The van der Waals surface area contributed by atoms with Gasteiger partial charge in [-0.05, 0) is 49.8 Å². The number of allylic oxidation sites excluding steroid dienone is 3. The lowest BCUT2D eigenvalue weighted by Crippen LogP contribution is -2.25. The molecule has 0 N–H and O–H groups in total. The highest BCUT2D eigenvalue weighted by atomic mass is 15.1. The van der Waals surface area contributed by atoms with Crippen molar-refractivity contribution >= 4 is 0 Å². The molecule has 3 rings (SSSR count). The molecule has 76 valence electrons. The standard InChI is InChI=1S/C13H19N/c1-2-6-14(7-3-1)10-13-9-11-4-5-12(13)8-11/h4-5,10-12H,1-3,6-9H2/b13-10+/t11-,12+/m1/s1. The Morgan fingerprint density at radius 3 is 2.64 bits per heavy atom. The number of fused-ring (bicyclic) bond motifs is 2. The van der Waals surface area contributed by atoms with E-state index in [0.29, 0.717) is 0 Å². The Hall–Kier alpha value is -0.720. The van der Waals surface area contributed by atoms with E-state index in [2.05, 4.69) is 23.3 Å². The van der Waals surface area contributed by atoms with E-state index in [0.717, 1.165) is 11.8 Å². The van der Waals surface area contributed by atoms with Gasteiger partial charge in [-0.15, -0.1) is 0 Å². The predicted molar refractivity (Wildman–Crippen MR) is 58.9 cm³/mol. The maximum atomic E-state index is 2.55. The van der Waals surface area contributed by atoms with E-state index in [-0.39, 0.29) is 0 Å². The number of piperidine rings is 1. The van der Waals surface area contributed by atoms with Gasteiger partial charge < -0.3 is 4.90 Å². The molecule has 1 saturated carbocycles. The maximum Gasteiger partial charge on any atom is 0.0172 e. The third-order valence-electron chi connectivity index (χ3n) is 3.89. The van der Waals surface area contributed by atoms with Crippen molar-refractivity contribution in [2.24, 2.45) is 11.8 Å². The highest BCUT2D eigenvalue weighted by Crippen LogP contribution is 2.43. The summed E-state index contributed by atoms with van der Waals surface area (Å²) in [7, 11) is 0. The van der Waals surface area contributed by atoms with E-state index >= 15 is 0 Å². The van der Waals surface area contributed by atoms with Crippen molar-refractivity contribution in [2.45, 2.75) is 32.1 Å². The lowest BCUT2D eigenvalue weighted by molar-refractivity contribution is 0.306. The predicted octanol–water partition coefficient (Wildman–Crippen LogP) is 2.95. The molecule has 1 heterocycles. The average Bonchev–Trinajstić information content (AvgIpc) is 2.81. The SMILES string of the molecule is C1=C[C@H]2C[C@@H]1C/C2=C\N1CCCCC1. The molecule has 2 bridgehead atoms. The number of nitrogens with zero attached hydrogens (tertiary/aromatic N) is 1. The Bertz CT molecular complexity index is 271. The molecular weight excluding hydrogens is 170 g/mol. The summed E-state index contributed by atoms with van der Waals surface area (Å²) in [6.45, 7) is 2.59. The summed E-state index contributed by atoms with van der Waals surface area (Å²) >= 11 is 0. The largest absolute Gasteiger partial charge is 0.377 e. The summed E-state index contributed by atoms with van der Waals surface area (Å²) in [4.78, 5) is 2.55. The fourth-order valence-electron chi connectivity index (χ4n) is 3.09. The molecule has 1 heteroatoms. The summed E-state index contributed by atoms with van der Waals surface area (Å²) < 4.78 is 0. The maximum absolute atomic E-state index is 2.55. The van der Waals surface area contributed by atoms with Crippen LogP contribution in [-0.2, 0) is 0 Å². The van der Waals surface area contributed by atoms with Gasteiger partial charge in [0.25, 0.3) is 0 Å². The number of hydrogen-bond acceptors (Lipinski definition) is 1. The van der Waals surface area contributed by atoms with Crippen LogP contribution in [0.4, 0.5) is 0 Å². The van der Waals surface area contributed by atoms with Crippen LogP contribution >= 0.6 is 0 Å². The molecule has 3 aliphatic rings. The number of likely N-dealkylation sites (tertiary alicyclic amines) is 1. The van der Waals surface area contributed by atoms with Crippen LogP contribution in [0.5, 0.6) is 0 Å². The zero-order chi connectivity index (χ0) is 9.38. The zero-order valence-electron chi connectivity index (χ0n) is 8.78. The van der Waals surface area contributed by atoms with Crippen molar-refractivity contribution < 1.29 is 0 Å². The van der Waals surface area contributed by atoms with Crippen molar-refractivity contribution in [3.05, 3.63) is 23.9 Å². The van der Waals surface area contributed by atoms with Crippen molar-refractivity contribution in [3.63, 3.8) is 0 Å². The highest BCUT2D eigenvalue weighted by molar-refractivity contribution is 5.26. The molecule has 0 radical (unpaired) electrons. The highest BCUT2D eigenvalue weighted by Gasteiger charge is 2.31. The molecule has 14 heavy (non-hydrogen) atoms. The summed E-state index contributed by atoms with van der Waals surface area (Å²) in [6.07, 6.45) is 14.3. The van der Waals surface area contributed by atoms with Gasteiger partial charge in [-0.1, -0.05) is 12.2 Å². The molecule has 2 aliphatic carbocycles. The van der Waals surface area contributed by atoms with Gasteiger partial charge in [0, 0.05) is 19.0 Å². The van der Waals surface area contributed by atoms with E-state index in [9.17, 15) is 0 Å². The smallest absolute Gasteiger partial charge is 0.0172 e. The van der Waals surface area contributed by atoms with Gasteiger partial charge in [0.1, 0.15) is 0 Å². The molecule has 1 aliphatic heterocycles. The van der Waals surface area contributed by atoms with Crippen LogP contribution < -0.4 is 0 Å². The summed E-state index contributed by atoms with van der Waals surface area (Å²) in [5.41, 5.74) is 1.71. The van der Waals surface area contributed by atoms with Crippen LogP contribution in [0.3, 0.4) is 0 Å². The van der Waals surface area contributed by atoms with E-state index in [1.807, 2.05) is 0 Å². The quantitative estimate of drug-likeness (QED) is 0.573. The van der Waals surface area contributed by atoms with Crippen LogP contribution in [0.2, 0.25) is 0 Å². The fraction of sp³-hybridized carbons (Fsp3) is 0.692. The molecule has 0 spiro atoms. The molecule has 0 aromatic rings. The van der Waals surface area contributed by atoms with Crippen molar-refractivity contribution in [3.8, 4) is 0 Å². The van der Waals surface area contributed by atoms with E-state index < -0.39 is 0 Å². The van der Waals surface area contributed by atoms with Crippen LogP contribution in [0.15, 0.2) is 23.9 Å². The van der Waals surface area contributed by atoms with Crippen molar-refractivity contribution in [1.29, 1.82) is 0 Å². The minimum Gasteiger partial charge on any atom is -0.377 e. The summed E-state index contributed by atoms with van der Waals surface area (Å²) in [6, 6.07) is 0. The monoisotopic (exact) mass is 189 g/mol. The van der Waals surface area contributed by atoms with Gasteiger partial charge in [0.2, 0.25) is 0 Å². The molecular formula is C13H19N. The topological polar surface area (TPSA) is 3.24 Å². The van der Waals surface area contributed by atoms with E-state index in [1.54, 1.807) is 5.57 Å². The second-order valence-electron chi connectivity index (χ2n) is 4.99. The third-order valence-corrected chi connectivity index (χ3v) is 3.89.